The van der Waals surface area contributed by atoms with Crippen LogP contribution in [0.5, 0.6) is 0 Å². The highest BCUT2D eigenvalue weighted by atomic mass is 35.5. The predicted octanol–water partition coefficient (Wildman–Crippen LogP) is 6.08. The van der Waals surface area contributed by atoms with E-state index in [4.69, 9.17) is 15.7 Å². The van der Waals surface area contributed by atoms with Crippen LogP contribution in [0.2, 0.25) is 0 Å². The van der Waals surface area contributed by atoms with Crippen molar-refractivity contribution in [3.05, 3.63) is 65.1 Å². The Labute approximate surface area is 224 Å². The minimum atomic E-state index is -4.79. The van der Waals surface area contributed by atoms with Crippen LogP contribution in [0.1, 0.15) is 24.3 Å². The van der Waals surface area contributed by atoms with Crippen molar-refractivity contribution in [1.29, 1.82) is 5.41 Å². The van der Waals surface area contributed by atoms with E-state index in [1.165, 1.54) is 17.4 Å². The third-order valence-corrected chi connectivity index (χ3v) is 6.79. The van der Waals surface area contributed by atoms with Gasteiger partial charge in [-0.25, -0.2) is 9.37 Å². The molecule has 1 aliphatic heterocycles. The minimum Gasteiger partial charge on any atom is -0.370 e. The topological polar surface area (TPSA) is 117 Å². The molecule has 0 bridgehead atoms. The lowest BCUT2D eigenvalue weighted by Crippen LogP contribution is -2.41. The Bertz CT molecular complexity index is 1420. The first-order valence-corrected chi connectivity index (χ1v) is 12.2. The number of likely N-dealkylation sites (tertiary alicyclic amines) is 1. The van der Waals surface area contributed by atoms with E-state index in [0.717, 1.165) is 37.1 Å². The Morgan fingerprint density at radius 3 is 2.61 bits per heavy atom. The van der Waals surface area contributed by atoms with E-state index < -0.39 is 17.6 Å². The molecule has 14 heteroatoms. The number of thiazole rings is 1. The summed E-state index contributed by atoms with van der Waals surface area (Å²) in [6, 6.07) is 10.1. The summed E-state index contributed by atoms with van der Waals surface area (Å²) < 4.78 is 58.1. The molecular formula is C24H22ClF4N7OS. The lowest BCUT2D eigenvalue weighted by Gasteiger charge is -2.23. The van der Waals surface area contributed by atoms with Gasteiger partial charge in [0.1, 0.15) is 5.82 Å². The molecule has 8 nitrogen and oxygen atoms in total. The van der Waals surface area contributed by atoms with Crippen molar-refractivity contribution in [2.75, 3.05) is 11.9 Å². The smallest absolute Gasteiger partial charge is 0.370 e. The van der Waals surface area contributed by atoms with Crippen LogP contribution in [0, 0.1) is 11.2 Å². The molecule has 2 aromatic carbocycles. The van der Waals surface area contributed by atoms with Gasteiger partial charge in [-0.15, -0.1) is 23.7 Å². The Kier molecular flexibility index (Phi) is 7.88. The van der Waals surface area contributed by atoms with Gasteiger partial charge in [0.05, 0.1) is 11.3 Å². The maximum Gasteiger partial charge on any atom is 0.419 e. The predicted molar refractivity (Wildman–Crippen MR) is 138 cm³/mol. The van der Waals surface area contributed by atoms with Crippen LogP contribution in [0.15, 0.2) is 52.4 Å². The lowest BCUT2D eigenvalue weighted by molar-refractivity contribution is -0.139. The van der Waals surface area contributed by atoms with Crippen LogP contribution in [-0.2, 0) is 12.6 Å². The van der Waals surface area contributed by atoms with Crippen molar-refractivity contribution in [3.8, 4) is 22.6 Å². The number of nitrogens with one attached hydrogen (secondary N) is 2. The van der Waals surface area contributed by atoms with E-state index in [2.05, 4.69) is 20.4 Å². The van der Waals surface area contributed by atoms with Gasteiger partial charge < -0.3 is 20.5 Å². The summed E-state index contributed by atoms with van der Waals surface area (Å²) in [7, 11) is 0. The van der Waals surface area contributed by atoms with Gasteiger partial charge in [0, 0.05) is 41.2 Å². The fourth-order valence-electron chi connectivity index (χ4n) is 4.21. The average molecular weight is 568 g/mol. The summed E-state index contributed by atoms with van der Waals surface area (Å²) in [4.78, 5) is 10.6. The maximum absolute atomic E-state index is 13.6. The Morgan fingerprint density at radius 1 is 1.16 bits per heavy atom. The second-order valence-corrected chi connectivity index (χ2v) is 9.38. The van der Waals surface area contributed by atoms with Crippen LogP contribution in [0.3, 0.4) is 0 Å². The molecule has 0 saturated carbocycles. The first-order chi connectivity index (χ1) is 17.7. The van der Waals surface area contributed by atoms with Crippen molar-refractivity contribution in [2.45, 2.75) is 31.5 Å². The molecule has 38 heavy (non-hydrogen) atoms. The van der Waals surface area contributed by atoms with E-state index in [-0.39, 0.29) is 30.0 Å². The number of guanidine groups is 1. The van der Waals surface area contributed by atoms with Crippen LogP contribution < -0.4 is 11.1 Å². The molecule has 0 amide bonds. The first kappa shape index (κ1) is 27.3. The van der Waals surface area contributed by atoms with Crippen LogP contribution in [0.25, 0.3) is 22.6 Å². The van der Waals surface area contributed by atoms with Crippen molar-refractivity contribution in [3.63, 3.8) is 0 Å². The van der Waals surface area contributed by atoms with Gasteiger partial charge in [0.25, 0.3) is 0 Å². The van der Waals surface area contributed by atoms with E-state index in [1.54, 1.807) is 29.6 Å². The number of halogens is 5. The van der Waals surface area contributed by atoms with Crippen molar-refractivity contribution >= 4 is 40.5 Å². The molecule has 5 rings (SSSR count). The zero-order valence-electron chi connectivity index (χ0n) is 19.6. The molecule has 0 unspecified atom stereocenters. The zero-order chi connectivity index (χ0) is 26.2. The average Bonchev–Trinajstić information content (AvgIpc) is 3.61. The van der Waals surface area contributed by atoms with Gasteiger partial charge in [-0.1, -0.05) is 5.16 Å². The van der Waals surface area contributed by atoms with Crippen molar-refractivity contribution < 1.29 is 22.1 Å². The number of nitrogens with zero attached hydrogens (tertiary/aromatic N) is 4. The van der Waals surface area contributed by atoms with E-state index in [1.807, 2.05) is 4.90 Å². The lowest BCUT2D eigenvalue weighted by atomic mass is 10.1. The van der Waals surface area contributed by atoms with Crippen molar-refractivity contribution in [2.24, 2.45) is 5.73 Å². The Morgan fingerprint density at radius 2 is 1.89 bits per heavy atom. The summed E-state index contributed by atoms with van der Waals surface area (Å²) >= 11 is 1.21. The highest BCUT2D eigenvalue weighted by Gasteiger charge is 2.34. The van der Waals surface area contributed by atoms with E-state index >= 15 is 0 Å². The molecule has 4 aromatic rings. The largest absolute Gasteiger partial charge is 0.419 e. The number of aromatic nitrogens is 3. The van der Waals surface area contributed by atoms with Gasteiger partial charge in [-0.3, -0.25) is 5.41 Å². The molecule has 3 heterocycles. The number of anilines is 2. The van der Waals surface area contributed by atoms with Crippen LogP contribution in [-0.4, -0.2) is 38.6 Å². The minimum absolute atomic E-state index is 0. The van der Waals surface area contributed by atoms with Gasteiger partial charge >= 0.3 is 6.18 Å². The van der Waals surface area contributed by atoms with Gasteiger partial charge in [0.15, 0.2) is 11.1 Å². The monoisotopic (exact) mass is 567 g/mol. The Hall–Kier alpha value is -3.71. The zero-order valence-corrected chi connectivity index (χ0v) is 21.3. The number of nitrogens with two attached hydrogens (primary N) is 1. The third kappa shape index (κ3) is 5.89. The molecule has 1 saturated heterocycles. The molecule has 0 spiro atoms. The molecule has 4 N–H and O–H groups in total. The third-order valence-electron chi connectivity index (χ3n) is 6.03. The van der Waals surface area contributed by atoms with Crippen molar-refractivity contribution in [1.82, 2.24) is 20.0 Å². The maximum atomic E-state index is 13.6. The second kappa shape index (κ2) is 11.0. The number of hydrogen-bond acceptors (Lipinski definition) is 7. The molecule has 0 aliphatic carbocycles. The van der Waals surface area contributed by atoms with Gasteiger partial charge in [-0.2, -0.15) is 18.2 Å². The highest BCUT2D eigenvalue weighted by Crippen LogP contribution is 2.35. The quantitative estimate of drug-likeness (QED) is 0.147. The van der Waals surface area contributed by atoms with E-state index in [0.29, 0.717) is 34.6 Å². The molecule has 1 aliphatic rings. The number of alkyl halides is 3. The number of rotatable bonds is 6. The summed E-state index contributed by atoms with van der Waals surface area (Å²) in [6.45, 7) is 0.745. The second-order valence-electron chi connectivity index (χ2n) is 8.52. The summed E-state index contributed by atoms with van der Waals surface area (Å²) in [5.74, 6) is -0.376. The standard InChI is InChI=1S/C24H21F4N7OS.ClH/c25-18-8-5-14(10-17(18)24(26,27)28)19-12-37-23(32-19)31-15-6-3-13(4-7-15)21-33-20(36-34-21)11-16-2-1-9-35(16)22(29)30;/h3-8,10,12,16H,1-2,9,11H2,(H3,29,30)(H,31,32);1H/t16-;/m0./s1. The summed E-state index contributed by atoms with van der Waals surface area (Å²) in [6.07, 6.45) is -2.42. The summed E-state index contributed by atoms with van der Waals surface area (Å²) in [5, 5.41) is 16.9. The fraction of sp³-hybridized carbons (Fsp3) is 0.250. The molecule has 1 fully saturated rings. The van der Waals surface area contributed by atoms with Crippen LogP contribution in [0.4, 0.5) is 28.4 Å². The highest BCUT2D eigenvalue weighted by molar-refractivity contribution is 7.14. The molecule has 200 valence electrons. The Balaban J connectivity index is 0.00000336. The molecule has 0 radical (unpaired) electrons. The molecule has 1 atom stereocenters. The van der Waals surface area contributed by atoms with E-state index in [9.17, 15) is 17.6 Å². The number of hydrogen-bond donors (Lipinski definition) is 3. The molecular weight excluding hydrogens is 546 g/mol. The SMILES string of the molecule is Cl.N=C(N)N1CCC[C@H]1Cc1nc(-c2ccc(Nc3nc(-c4ccc(F)c(C(F)(F)F)c4)cs3)cc2)no1. The van der Waals surface area contributed by atoms with Gasteiger partial charge in [-0.05, 0) is 55.3 Å². The normalized spacial score (nSPS) is 15.4. The van der Waals surface area contributed by atoms with Crippen LogP contribution >= 0.6 is 23.7 Å². The molecule has 2 aromatic heterocycles. The van der Waals surface area contributed by atoms with Gasteiger partial charge in [0.2, 0.25) is 11.7 Å². The fourth-order valence-corrected chi connectivity index (χ4v) is 4.95. The first-order valence-electron chi connectivity index (χ1n) is 11.3. The summed E-state index contributed by atoms with van der Waals surface area (Å²) in [5.41, 5.74) is 6.23. The number of benzene rings is 2.